The Hall–Kier alpha value is -1.94. The molecule has 0 aromatic heterocycles. The first-order valence-electron chi connectivity index (χ1n) is 6.54. The fourth-order valence-electron chi connectivity index (χ4n) is 2.44. The molecule has 1 fully saturated rings. The summed E-state index contributed by atoms with van der Waals surface area (Å²) < 4.78 is 4.97. The van der Waals surface area contributed by atoms with Crippen LogP contribution < -0.4 is 0 Å². The number of rotatable bonds is 5. The maximum atomic E-state index is 12.3. The van der Waals surface area contributed by atoms with E-state index in [9.17, 15) is 14.7 Å². The van der Waals surface area contributed by atoms with Crippen LogP contribution in [-0.2, 0) is 14.3 Å². The predicted molar refractivity (Wildman–Crippen MR) is 73.8 cm³/mol. The van der Waals surface area contributed by atoms with Gasteiger partial charge in [-0.15, -0.1) is 6.58 Å². The average molecular weight is 274 g/mol. The summed E-state index contributed by atoms with van der Waals surface area (Å²) in [5.74, 6) is -1.72. The van der Waals surface area contributed by atoms with Crippen molar-refractivity contribution >= 4 is 11.8 Å². The van der Waals surface area contributed by atoms with E-state index < -0.39 is 23.4 Å². The zero-order chi connectivity index (χ0) is 14.8. The number of aliphatic hydroxyl groups excluding tert-OH is 1. The van der Waals surface area contributed by atoms with E-state index in [1.54, 1.807) is 37.3 Å². The van der Waals surface area contributed by atoms with Gasteiger partial charge in [-0.1, -0.05) is 43.3 Å². The van der Waals surface area contributed by atoms with Crippen molar-refractivity contribution in [3.05, 3.63) is 48.6 Å². The van der Waals surface area contributed by atoms with Crippen molar-refractivity contribution in [3.8, 4) is 0 Å². The molecule has 3 atom stereocenters. The standard InChI is InChI=1S/C16H18O4/c1-3-16(2)10-20-15(19)14(16)13(18)9-12(17)11-7-5-4-6-8-11/h3-8,12,14,17H,1,9-10H2,2H3/t12?,14?,16-/m0/s1. The lowest BCUT2D eigenvalue weighted by Gasteiger charge is -2.22. The molecule has 1 aromatic rings. The van der Waals surface area contributed by atoms with Crippen LogP contribution >= 0.6 is 0 Å². The van der Waals surface area contributed by atoms with E-state index in [0.717, 1.165) is 0 Å². The van der Waals surface area contributed by atoms with Crippen molar-refractivity contribution in [2.24, 2.45) is 11.3 Å². The number of aliphatic hydroxyl groups is 1. The minimum absolute atomic E-state index is 0.104. The molecule has 1 heterocycles. The Bertz CT molecular complexity index is 523. The predicted octanol–water partition coefficient (Wildman–Crippen LogP) is 2.04. The van der Waals surface area contributed by atoms with Crippen LogP contribution in [0.25, 0.3) is 0 Å². The van der Waals surface area contributed by atoms with E-state index in [1.165, 1.54) is 0 Å². The minimum Gasteiger partial charge on any atom is -0.464 e. The largest absolute Gasteiger partial charge is 0.464 e. The van der Waals surface area contributed by atoms with Crippen LogP contribution in [0.4, 0.5) is 0 Å². The van der Waals surface area contributed by atoms with Gasteiger partial charge in [0.15, 0.2) is 5.78 Å². The number of hydrogen-bond donors (Lipinski definition) is 1. The summed E-state index contributed by atoms with van der Waals surface area (Å²) >= 11 is 0. The molecule has 0 amide bonds. The maximum absolute atomic E-state index is 12.3. The highest BCUT2D eigenvalue weighted by Crippen LogP contribution is 2.38. The van der Waals surface area contributed by atoms with Gasteiger partial charge in [0.05, 0.1) is 6.10 Å². The molecule has 0 saturated carbocycles. The second-order valence-electron chi connectivity index (χ2n) is 5.35. The zero-order valence-electron chi connectivity index (χ0n) is 11.4. The lowest BCUT2D eigenvalue weighted by molar-refractivity contribution is -0.145. The number of hydrogen-bond acceptors (Lipinski definition) is 4. The second-order valence-corrected chi connectivity index (χ2v) is 5.35. The minimum atomic E-state index is -0.911. The number of ketones is 1. The molecular weight excluding hydrogens is 256 g/mol. The van der Waals surface area contributed by atoms with E-state index >= 15 is 0 Å². The summed E-state index contributed by atoms with van der Waals surface area (Å²) in [5.41, 5.74) is -0.0302. The van der Waals surface area contributed by atoms with Gasteiger partial charge in [-0.2, -0.15) is 0 Å². The Morgan fingerprint density at radius 3 is 2.80 bits per heavy atom. The van der Waals surface area contributed by atoms with Gasteiger partial charge in [0.25, 0.3) is 0 Å². The van der Waals surface area contributed by atoms with Crippen LogP contribution in [0.1, 0.15) is 25.0 Å². The van der Waals surface area contributed by atoms with E-state index in [4.69, 9.17) is 4.74 Å². The average Bonchev–Trinajstić information content (AvgIpc) is 2.76. The van der Waals surface area contributed by atoms with Crippen LogP contribution in [0.3, 0.4) is 0 Å². The molecule has 0 bridgehead atoms. The van der Waals surface area contributed by atoms with Crippen molar-refractivity contribution in [2.75, 3.05) is 6.61 Å². The van der Waals surface area contributed by atoms with E-state index in [-0.39, 0.29) is 18.8 Å². The summed E-state index contributed by atoms with van der Waals surface area (Å²) in [7, 11) is 0. The third-order valence-corrected chi connectivity index (χ3v) is 3.79. The number of esters is 1. The third kappa shape index (κ3) is 2.65. The summed E-state index contributed by atoms with van der Waals surface area (Å²) in [4.78, 5) is 24.0. The Labute approximate surface area is 118 Å². The topological polar surface area (TPSA) is 63.6 Å². The van der Waals surface area contributed by atoms with Crippen LogP contribution in [0, 0.1) is 11.3 Å². The fourth-order valence-corrected chi connectivity index (χ4v) is 2.44. The molecular formula is C16H18O4. The van der Waals surface area contributed by atoms with Crippen molar-refractivity contribution in [1.82, 2.24) is 0 Å². The Balaban J connectivity index is 2.12. The zero-order valence-corrected chi connectivity index (χ0v) is 11.4. The second kappa shape index (κ2) is 5.59. The highest BCUT2D eigenvalue weighted by atomic mass is 16.5. The molecule has 20 heavy (non-hydrogen) atoms. The van der Waals surface area contributed by atoms with Crippen LogP contribution in [0.15, 0.2) is 43.0 Å². The molecule has 4 nitrogen and oxygen atoms in total. The number of carbonyl (C=O) groups is 2. The highest BCUT2D eigenvalue weighted by Gasteiger charge is 2.49. The van der Waals surface area contributed by atoms with Crippen molar-refractivity contribution < 1.29 is 19.4 Å². The first-order valence-corrected chi connectivity index (χ1v) is 6.54. The van der Waals surface area contributed by atoms with E-state index in [1.807, 2.05) is 6.07 Å². The van der Waals surface area contributed by atoms with Gasteiger partial charge >= 0.3 is 5.97 Å². The first-order chi connectivity index (χ1) is 9.48. The summed E-state index contributed by atoms with van der Waals surface area (Å²) in [6.45, 7) is 5.60. The smallest absolute Gasteiger partial charge is 0.317 e. The number of carbonyl (C=O) groups excluding carboxylic acids is 2. The molecule has 0 spiro atoms. The molecule has 0 aliphatic carbocycles. The highest BCUT2D eigenvalue weighted by molar-refractivity contribution is 6.01. The Morgan fingerprint density at radius 1 is 1.55 bits per heavy atom. The molecule has 0 radical (unpaired) electrons. The number of cyclic esters (lactones) is 1. The van der Waals surface area contributed by atoms with Gasteiger partial charge in [-0.25, -0.2) is 0 Å². The molecule has 1 aromatic carbocycles. The first kappa shape index (κ1) is 14.5. The summed E-state index contributed by atoms with van der Waals surface area (Å²) in [6.07, 6.45) is 0.564. The van der Waals surface area contributed by atoms with Crippen molar-refractivity contribution in [2.45, 2.75) is 19.4 Å². The van der Waals surface area contributed by atoms with Crippen LogP contribution in [-0.4, -0.2) is 23.5 Å². The van der Waals surface area contributed by atoms with Gasteiger partial charge in [-0.3, -0.25) is 9.59 Å². The van der Waals surface area contributed by atoms with Crippen LogP contribution in [0.2, 0.25) is 0 Å². The van der Waals surface area contributed by atoms with E-state index in [2.05, 4.69) is 6.58 Å². The number of benzene rings is 1. The lowest BCUT2D eigenvalue weighted by atomic mass is 9.76. The molecule has 2 rings (SSSR count). The fraction of sp³-hybridized carbons (Fsp3) is 0.375. The van der Waals surface area contributed by atoms with Gasteiger partial charge < -0.3 is 9.84 Å². The van der Waals surface area contributed by atoms with Gasteiger partial charge in [0, 0.05) is 11.8 Å². The monoisotopic (exact) mass is 274 g/mol. The molecule has 106 valence electrons. The molecule has 1 aliphatic rings. The van der Waals surface area contributed by atoms with Crippen molar-refractivity contribution in [3.63, 3.8) is 0 Å². The van der Waals surface area contributed by atoms with Crippen LogP contribution in [0.5, 0.6) is 0 Å². The molecule has 2 unspecified atom stereocenters. The van der Waals surface area contributed by atoms with E-state index in [0.29, 0.717) is 5.56 Å². The molecule has 1 saturated heterocycles. The molecule has 4 heteroatoms. The summed E-state index contributed by atoms with van der Waals surface area (Å²) in [6, 6.07) is 8.91. The quantitative estimate of drug-likeness (QED) is 0.507. The third-order valence-electron chi connectivity index (χ3n) is 3.79. The Morgan fingerprint density at radius 2 is 2.20 bits per heavy atom. The SMILES string of the molecule is C=C[C@@]1(C)COC(=O)C1C(=O)CC(O)c1ccccc1. The van der Waals surface area contributed by atoms with Crippen molar-refractivity contribution in [1.29, 1.82) is 0 Å². The van der Waals surface area contributed by atoms with Gasteiger partial charge in [0.2, 0.25) is 0 Å². The normalized spacial score (nSPS) is 26.9. The van der Waals surface area contributed by atoms with Gasteiger partial charge in [0.1, 0.15) is 12.5 Å². The lowest BCUT2D eigenvalue weighted by Crippen LogP contribution is -2.33. The molecule has 1 N–H and O–H groups in total. The maximum Gasteiger partial charge on any atom is 0.317 e. The Kier molecular flexibility index (Phi) is 4.04. The number of ether oxygens (including phenoxy) is 1. The number of Topliss-reactive ketones (excluding diaryl/α,β-unsaturated/α-hetero) is 1. The summed E-state index contributed by atoms with van der Waals surface area (Å²) in [5, 5.41) is 10.1. The van der Waals surface area contributed by atoms with Gasteiger partial charge in [-0.05, 0) is 5.56 Å². The molecule has 1 aliphatic heterocycles.